The number of thiazole rings is 1. The van der Waals surface area contributed by atoms with E-state index in [0.717, 1.165) is 17.7 Å². The van der Waals surface area contributed by atoms with Crippen LogP contribution < -0.4 is 9.64 Å². The van der Waals surface area contributed by atoms with Crippen molar-refractivity contribution in [1.82, 2.24) is 24.6 Å². The van der Waals surface area contributed by atoms with Crippen molar-refractivity contribution in [2.24, 2.45) is 0 Å². The maximum absolute atomic E-state index is 13.6. The molecule has 12 heteroatoms. The summed E-state index contributed by atoms with van der Waals surface area (Å²) in [4.78, 5) is 24.9. The molecule has 0 bridgehead atoms. The van der Waals surface area contributed by atoms with Crippen LogP contribution in [0.3, 0.4) is 0 Å². The van der Waals surface area contributed by atoms with E-state index in [4.69, 9.17) is 4.74 Å². The number of carbonyl (C=O) groups excluding carboxylic acids is 1. The number of carbonyl (C=O) groups is 1. The lowest BCUT2D eigenvalue weighted by Gasteiger charge is -2.40. The Bertz CT molecular complexity index is 1270. The summed E-state index contributed by atoms with van der Waals surface area (Å²) >= 11 is 0.653. The van der Waals surface area contributed by atoms with Gasteiger partial charge < -0.3 is 14.5 Å². The molecule has 1 fully saturated rings. The third-order valence-electron chi connectivity index (χ3n) is 6.30. The summed E-state index contributed by atoms with van der Waals surface area (Å²) in [6.07, 6.45) is -3.81. The number of alkyl halides is 3. The fourth-order valence-corrected chi connectivity index (χ4v) is 5.60. The van der Waals surface area contributed by atoms with E-state index in [0.29, 0.717) is 65.5 Å². The van der Waals surface area contributed by atoms with Crippen LogP contribution in [-0.2, 0) is 23.9 Å². The zero-order valence-electron chi connectivity index (χ0n) is 19.6. The smallest absolute Gasteiger partial charge is 0.443 e. The molecule has 0 aliphatic carbocycles. The van der Waals surface area contributed by atoms with Gasteiger partial charge in [0.1, 0.15) is 34.6 Å². The Kier molecular flexibility index (Phi) is 5.94. The molecule has 0 spiro atoms. The number of aromatic nitrogens is 4. The molecule has 1 amide bonds. The molecule has 0 unspecified atom stereocenters. The molecule has 0 radical (unpaired) electrons. The van der Waals surface area contributed by atoms with Gasteiger partial charge in [-0.25, -0.2) is 14.6 Å². The van der Waals surface area contributed by atoms with Gasteiger partial charge in [-0.1, -0.05) is 11.3 Å². The van der Waals surface area contributed by atoms with Gasteiger partial charge in [-0.2, -0.15) is 18.3 Å². The molecule has 3 aromatic rings. The second-order valence-corrected chi connectivity index (χ2v) is 9.82. The minimum absolute atomic E-state index is 0.0816. The lowest BCUT2D eigenvalue weighted by molar-refractivity contribution is -0.137. The van der Waals surface area contributed by atoms with E-state index in [9.17, 15) is 18.0 Å². The van der Waals surface area contributed by atoms with Gasteiger partial charge in [-0.15, -0.1) is 0 Å². The number of hydrogen-bond acceptors (Lipinski definition) is 7. The quantitative estimate of drug-likeness (QED) is 0.537. The Balaban J connectivity index is 1.39. The van der Waals surface area contributed by atoms with Crippen LogP contribution >= 0.6 is 11.3 Å². The largest absolute Gasteiger partial charge is 0.493 e. The average Bonchev–Trinajstić information content (AvgIpc) is 3.51. The van der Waals surface area contributed by atoms with Gasteiger partial charge in [0, 0.05) is 37.7 Å². The van der Waals surface area contributed by atoms with Gasteiger partial charge in [0.15, 0.2) is 0 Å². The first kappa shape index (κ1) is 23.6. The number of ether oxygens (including phenoxy) is 1. The first-order chi connectivity index (χ1) is 16.6. The molecule has 0 N–H and O–H groups in total. The third kappa shape index (κ3) is 4.58. The molecule has 2 aliphatic heterocycles. The Hall–Kier alpha value is -3.15. The highest BCUT2D eigenvalue weighted by Gasteiger charge is 2.38. The lowest BCUT2D eigenvalue weighted by Crippen LogP contribution is -2.54. The number of anilines is 1. The Morgan fingerprint density at radius 1 is 1.23 bits per heavy atom. The van der Waals surface area contributed by atoms with E-state index in [1.54, 1.807) is 35.6 Å². The van der Waals surface area contributed by atoms with Gasteiger partial charge in [0.25, 0.3) is 0 Å². The SMILES string of the molecule is Cc1nc(C)n(CC(=O)N2CCN(c3sc(C(F)(F)F)nc3-c3ccc4c(c3)CCO4)C[C@H]2C)n1. The molecule has 5 rings (SSSR count). The van der Waals surface area contributed by atoms with Crippen LogP contribution in [0.2, 0.25) is 0 Å². The second-order valence-electron chi connectivity index (χ2n) is 8.84. The standard InChI is InChI=1S/C23H25F3N6O2S/c1-13-11-30(7-8-31(13)19(33)12-32-15(3)27-14(2)29-32)21-20(28-22(35-21)23(24,25)26)17-4-5-18-16(10-17)6-9-34-18/h4-5,10,13H,6-9,11-12H2,1-3H3/t13-/m1/s1. The number of halogens is 3. The maximum Gasteiger partial charge on any atom is 0.443 e. The summed E-state index contributed by atoms with van der Waals surface area (Å²) < 4.78 is 48.0. The molecule has 8 nitrogen and oxygen atoms in total. The van der Waals surface area contributed by atoms with Gasteiger partial charge in [-0.05, 0) is 44.5 Å². The first-order valence-corrected chi connectivity index (χ1v) is 12.2. The summed E-state index contributed by atoms with van der Waals surface area (Å²) in [7, 11) is 0. The van der Waals surface area contributed by atoms with E-state index in [1.807, 2.05) is 17.9 Å². The first-order valence-electron chi connectivity index (χ1n) is 11.4. The summed E-state index contributed by atoms with van der Waals surface area (Å²) in [5.74, 6) is 1.93. The summed E-state index contributed by atoms with van der Waals surface area (Å²) in [5.41, 5.74) is 1.93. The van der Waals surface area contributed by atoms with E-state index in [-0.39, 0.29) is 18.5 Å². The Morgan fingerprint density at radius 2 is 2.03 bits per heavy atom. The Morgan fingerprint density at radius 3 is 2.71 bits per heavy atom. The van der Waals surface area contributed by atoms with E-state index < -0.39 is 11.2 Å². The maximum atomic E-state index is 13.6. The lowest BCUT2D eigenvalue weighted by atomic mass is 10.1. The number of aryl methyl sites for hydroxylation is 2. The van der Waals surface area contributed by atoms with E-state index in [1.165, 1.54) is 0 Å². The molecular weight excluding hydrogens is 481 g/mol. The molecule has 186 valence electrons. The minimum Gasteiger partial charge on any atom is -0.493 e. The molecule has 2 aromatic heterocycles. The van der Waals surface area contributed by atoms with Gasteiger partial charge in [0.2, 0.25) is 10.9 Å². The average molecular weight is 507 g/mol. The molecule has 1 aromatic carbocycles. The van der Waals surface area contributed by atoms with Gasteiger partial charge >= 0.3 is 6.18 Å². The highest BCUT2D eigenvalue weighted by atomic mass is 32.1. The molecule has 35 heavy (non-hydrogen) atoms. The number of piperazine rings is 1. The molecule has 4 heterocycles. The molecular formula is C23H25F3N6O2S. The Labute approximate surface area is 204 Å². The number of amides is 1. The predicted molar refractivity (Wildman–Crippen MR) is 125 cm³/mol. The van der Waals surface area contributed by atoms with Gasteiger partial charge in [0.05, 0.1) is 6.61 Å². The monoisotopic (exact) mass is 506 g/mol. The van der Waals surface area contributed by atoms with Crippen molar-refractivity contribution in [3.63, 3.8) is 0 Å². The van der Waals surface area contributed by atoms with Crippen LogP contribution in [0, 0.1) is 13.8 Å². The molecule has 1 atom stereocenters. The molecule has 1 saturated heterocycles. The van der Waals surface area contributed by atoms with Crippen LogP contribution in [0.15, 0.2) is 18.2 Å². The summed E-state index contributed by atoms with van der Waals surface area (Å²) in [5, 5.41) is 3.85. The molecule has 2 aliphatic rings. The van der Waals surface area contributed by atoms with Gasteiger partial charge in [-0.3, -0.25) is 4.79 Å². The van der Waals surface area contributed by atoms with Crippen molar-refractivity contribution in [2.45, 2.75) is 46.0 Å². The van der Waals surface area contributed by atoms with E-state index >= 15 is 0 Å². The van der Waals surface area contributed by atoms with Crippen LogP contribution in [0.5, 0.6) is 5.75 Å². The zero-order chi connectivity index (χ0) is 24.9. The number of hydrogen-bond donors (Lipinski definition) is 0. The highest BCUT2D eigenvalue weighted by Crippen LogP contribution is 2.44. The van der Waals surface area contributed by atoms with Crippen molar-refractivity contribution < 1.29 is 22.7 Å². The molecule has 0 saturated carbocycles. The van der Waals surface area contributed by atoms with Crippen LogP contribution in [0.4, 0.5) is 18.2 Å². The fraction of sp³-hybridized carbons (Fsp3) is 0.478. The summed E-state index contributed by atoms with van der Waals surface area (Å²) in [6, 6.07) is 5.22. The fourth-order valence-electron chi connectivity index (χ4n) is 4.61. The van der Waals surface area contributed by atoms with Crippen molar-refractivity contribution in [3.05, 3.63) is 40.4 Å². The highest BCUT2D eigenvalue weighted by molar-refractivity contribution is 7.16. The zero-order valence-corrected chi connectivity index (χ0v) is 20.4. The van der Waals surface area contributed by atoms with Crippen molar-refractivity contribution in [3.8, 4) is 17.0 Å². The van der Waals surface area contributed by atoms with Crippen molar-refractivity contribution in [2.75, 3.05) is 31.1 Å². The van der Waals surface area contributed by atoms with Crippen LogP contribution in [0.1, 0.15) is 29.1 Å². The third-order valence-corrected chi connectivity index (χ3v) is 7.46. The van der Waals surface area contributed by atoms with Crippen molar-refractivity contribution in [1.29, 1.82) is 0 Å². The number of rotatable bonds is 4. The number of benzene rings is 1. The summed E-state index contributed by atoms with van der Waals surface area (Å²) in [6.45, 7) is 7.32. The van der Waals surface area contributed by atoms with Crippen LogP contribution in [0.25, 0.3) is 11.3 Å². The predicted octanol–water partition coefficient (Wildman–Crippen LogP) is 3.71. The van der Waals surface area contributed by atoms with Crippen molar-refractivity contribution >= 4 is 22.2 Å². The normalized spacial score (nSPS) is 18.1. The topological polar surface area (TPSA) is 76.4 Å². The number of nitrogens with zero attached hydrogens (tertiary/aromatic N) is 6. The number of fused-ring (bicyclic) bond motifs is 1. The minimum atomic E-state index is -4.53. The second kappa shape index (κ2) is 8.81. The van der Waals surface area contributed by atoms with Crippen LogP contribution in [-0.4, -0.2) is 62.8 Å². The van der Waals surface area contributed by atoms with E-state index in [2.05, 4.69) is 15.1 Å².